The summed E-state index contributed by atoms with van der Waals surface area (Å²) in [4.78, 5) is 32.3. The van der Waals surface area contributed by atoms with Crippen LogP contribution in [0.4, 0.5) is 5.13 Å². The van der Waals surface area contributed by atoms with Crippen molar-refractivity contribution in [3.8, 4) is 0 Å². The molecule has 180 valence electrons. The molecule has 1 amide bonds. The van der Waals surface area contributed by atoms with E-state index in [2.05, 4.69) is 9.71 Å². The van der Waals surface area contributed by atoms with Crippen molar-refractivity contribution >= 4 is 38.4 Å². The molecule has 1 fully saturated rings. The van der Waals surface area contributed by atoms with Gasteiger partial charge in [0.1, 0.15) is 6.04 Å². The van der Waals surface area contributed by atoms with Gasteiger partial charge in [0.15, 0.2) is 11.2 Å². The summed E-state index contributed by atoms with van der Waals surface area (Å²) < 4.78 is 33.4. The first-order valence-electron chi connectivity index (χ1n) is 11.2. The normalized spacial score (nSPS) is 16.8. The Bertz CT molecular complexity index is 1020. The van der Waals surface area contributed by atoms with Crippen molar-refractivity contribution in [3.63, 3.8) is 0 Å². The first kappa shape index (κ1) is 25.3. The molecule has 0 bridgehead atoms. The predicted molar refractivity (Wildman–Crippen MR) is 127 cm³/mol. The summed E-state index contributed by atoms with van der Waals surface area (Å²) in [6.07, 6.45) is 5.52. The fourth-order valence-electron chi connectivity index (χ4n) is 3.89. The summed E-state index contributed by atoms with van der Waals surface area (Å²) in [6.45, 7) is 4.96. The minimum atomic E-state index is -3.93. The van der Waals surface area contributed by atoms with Crippen LogP contribution in [0, 0.1) is 5.92 Å². The molecule has 0 aliphatic heterocycles. The Morgan fingerprint density at radius 2 is 1.79 bits per heavy atom. The van der Waals surface area contributed by atoms with Crippen LogP contribution in [0.1, 0.15) is 52.9 Å². The highest BCUT2D eigenvalue weighted by Gasteiger charge is 2.36. The number of rotatable bonds is 9. The zero-order valence-electron chi connectivity index (χ0n) is 19.1. The molecule has 1 aliphatic rings. The molecule has 1 saturated carbocycles. The molecule has 1 N–H and O–H groups in total. The Hall–Kier alpha value is -2.30. The molecule has 3 rings (SSSR count). The Kier molecular flexibility index (Phi) is 8.61. The Morgan fingerprint density at radius 3 is 2.36 bits per heavy atom. The first-order valence-corrected chi connectivity index (χ1v) is 13.6. The summed E-state index contributed by atoms with van der Waals surface area (Å²) >= 11 is 1.37. The van der Waals surface area contributed by atoms with E-state index in [0.29, 0.717) is 5.13 Å². The number of benzene rings is 1. The summed E-state index contributed by atoms with van der Waals surface area (Å²) in [5, 5.41) is 2.39. The van der Waals surface area contributed by atoms with Gasteiger partial charge in [-0.1, -0.05) is 51.3 Å². The summed E-state index contributed by atoms with van der Waals surface area (Å²) in [6, 6.07) is 6.71. The van der Waals surface area contributed by atoms with Gasteiger partial charge in [0.05, 0.1) is 4.90 Å². The Balaban J connectivity index is 1.74. The van der Waals surface area contributed by atoms with Crippen LogP contribution < -0.4 is 9.62 Å². The predicted octanol–water partition coefficient (Wildman–Crippen LogP) is 3.74. The van der Waals surface area contributed by atoms with Gasteiger partial charge < -0.3 is 4.74 Å². The number of nitrogens with one attached hydrogen (secondary N) is 1. The number of hydrogen-bond donors (Lipinski definition) is 1. The molecule has 1 aliphatic carbocycles. The van der Waals surface area contributed by atoms with Crippen LogP contribution in [0.25, 0.3) is 0 Å². The lowest BCUT2D eigenvalue weighted by atomic mass is 9.94. The molecule has 33 heavy (non-hydrogen) atoms. The zero-order valence-corrected chi connectivity index (χ0v) is 20.8. The number of carbonyl (C=O) groups is 2. The molecular formula is C23H31N3O5S2. The van der Waals surface area contributed by atoms with Crippen LogP contribution in [0.2, 0.25) is 0 Å². The van der Waals surface area contributed by atoms with E-state index in [0.717, 1.165) is 32.1 Å². The number of hydrogen-bond acceptors (Lipinski definition) is 7. The maximum Gasteiger partial charge on any atom is 0.325 e. The average molecular weight is 494 g/mol. The van der Waals surface area contributed by atoms with Crippen LogP contribution in [-0.4, -0.2) is 43.5 Å². The third kappa shape index (κ3) is 6.39. The monoisotopic (exact) mass is 493 g/mol. The number of anilines is 1. The van der Waals surface area contributed by atoms with E-state index in [1.165, 1.54) is 30.4 Å². The molecule has 10 heteroatoms. The fourth-order valence-corrected chi connectivity index (χ4v) is 5.96. The van der Waals surface area contributed by atoms with Crippen molar-refractivity contribution in [1.29, 1.82) is 0 Å². The lowest BCUT2D eigenvalue weighted by Gasteiger charge is -2.34. The number of ether oxygens (including phenoxy) is 1. The Morgan fingerprint density at radius 1 is 1.12 bits per heavy atom. The molecule has 1 unspecified atom stereocenters. The SMILES string of the molecule is CC(OC(=O)[C@@H](NS(=O)(=O)c1ccccc1)C(C)C)C(=O)N(c1nccs1)C1CCCCC1. The minimum Gasteiger partial charge on any atom is -0.451 e. The maximum atomic E-state index is 13.4. The molecule has 1 heterocycles. The van der Waals surface area contributed by atoms with Gasteiger partial charge in [0, 0.05) is 17.6 Å². The topological polar surface area (TPSA) is 106 Å². The Labute approximate surface area is 199 Å². The van der Waals surface area contributed by atoms with E-state index in [4.69, 9.17) is 4.74 Å². The van der Waals surface area contributed by atoms with E-state index in [1.54, 1.807) is 43.1 Å². The fraction of sp³-hybridized carbons (Fsp3) is 0.522. The number of sulfonamides is 1. The average Bonchev–Trinajstić information content (AvgIpc) is 3.33. The molecule has 2 atom stereocenters. The van der Waals surface area contributed by atoms with Crippen molar-refractivity contribution in [3.05, 3.63) is 41.9 Å². The molecular weight excluding hydrogens is 462 g/mol. The summed E-state index contributed by atoms with van der Waals surface area (Å²) in [5.41, 5.74) is 0. The van der Waals surface area contributed by atoms with Crippen LogP contribution in [-0.2, 0) is 24.3 Å². The van der Waals surface area contributed by atoms with E-state index in [1.807, 2.05) is 5.38 Å². The second-order valence-corrected chi connectivity index (χ2v) is 11.1. The van der Waals surface area contributed by atoms with Gasteiger partial charge in [0.2, 0.25) is 10.0 Å². The number of amides is 1. The highest BCUT2D eigenvalue weighted by molar-refractivity contribution is 7.89. The van der Waals surface area contributed by atoms with Gasteiger partial charge in [-0.25, -0.2) is 13.4 Å². The lowest BCUT2D eigenvalue weighted by Crippen LogP contribution is -2.50. The minimum absolute atomic E-state index is 0.0102. The lowest BCUT2D eigenvalue weighted by molar-refractivity contribution is -0.156. The van der Waals surface area contributed by atoms with Gasteiger partial charge in [0.25, 0.3) is 5.91 Å². The standard InChI is InChI=1S/C23H31N3O5S2/c1-16(2)20(25-33(29,30)19-12-8-5-9-13-19)22(28)31-17(3)21(27)26(23-24-14-15-32-23)18-10-6-4-7-11-18/h5,8-9,12-18,20,25H,4,6-7,10-11H2,1-3H3/t17?,20-/m0/s1. The molecule has 0 radical (unpaired) electrons. The van der Waals surface area contributed by atoms with Crippen LogP contribution in [0.5, 0.6) is 0 Å². The van der Waals surface area contributed by atoms with Crippen LogP contribution >= 0.6 is 11.3 Å². The van der Waals surface area contributed by atoms with Crippen LogP contribution in [0.3, 0.4) is 0 Å². The van der Waals surface area contributed by atoms with E-state index in [9.17, 15) is 18.0 Å². The molecule has 1 aromatic carbocycles. The van der Waals surface area contributed by atoms with Crippen LogP contribution in [0.15, 0.2) is 46.8 Å². The number of esters is 1. The second kappa shape index (κ2) is 11.2. The first-order chi connectivity index (χ1) is 15.7. The van der Waals surface area contributed by atoms with Crippen molar-refractivity contribution in [2.45, 2.75) is 76.0 Å². The molecule has 8 nitrogen and oxygen atoms in total. The smallest absolute Gasteiger partial charge is 0.325 e. The van der Waals surface area contributed by atoms with E-state index < -0.39 is 28.1 Å². The van der Waals surface area contributed by atoms with E-state index in [-0.39, 0.29) is 22.8 Å². The van der Waals surface area contributed by atoms with Crippen molar-refractivity contribution in [2.24, 2.45) is 5.92 Å². The number of carbonyl (C=O) groups excluding carboxylic acids is 2. The van der Waals surface area contributed by atoms with E-state index >= 15 is 0 Å². The second-order valence-electron chi connectivity index (χ2n) is 8.55. The number of thiazole rings is 1. The van der Waals surface area contributed by atoms with Gasteiger partial charge >= 0.3 is 5.97 Å². The summed E-state index contributed by atoms with van der Waals surface area (Å²) in [7, 11) is -3.93. The van der Waals surface area contributed by atoms with Crippen molar-refractivity contribution < 1.29 is 22.7 Å². The van der Waals surface area contributed by atoms with Gasteiger partial charge in [-0.15, -0.1) is 11.3 Å². The molecule has 0 saturated heterocycles. The maximum absolute atomic E-state index is 13.4. The van der Waals surface area contributed by atoms with Gasteiger partial charge in [-0.3, -0.25) is 14.5 Å². The number of aromatic nitrogens is 1. The van der Waals surface area contributed by atoms with Crippen molar-refractivity contribution in [1.82, 2.24) is 9.71 Å². The molecule has 0 spiro atoms. The third-order valence-corrected chi connectivity index (χ3v) is 7.93. The summed E-state index contributed by atoms with van der Waals surface area (Å²) in [5.74, 6) is -1.52. The number of nitrogens with zero attached hydrogens (tertiary/aromatic N) is 2. The highest BCUT2D eigenvalue weighted by atomic mass is 32.2. The third-order valence-electron chi connectivity index (χ3n) is 5.70. The highest BCUT2D eigenvalue weighted by Crippen LogP contribution is 2.29. The van der Waals surface area contributed by atoms with Crippen molar-refractivity contribution in [2.75, 3.05) is 4.90 Å². The largest absolute Gasteiger partial charge is 0.451 e. The van der Waals surface area contributed by atoms with Gasteiger partial charge in [-0.05, 0) is 37.8 Å². The molecule has 1 aromatic heterocycles. The molecule has 2 aromatic rings. The zero-order chi connectivity index (χ0) is 24.0. The quantitative estimate of drug-likeness (QED) is 0.534. The van der Waals surface area contributed by atoms with Gasteiger partial charge in [-0.2, -0.15) is 4.72 Å².